The molecule has 2 aromatic carbocycles. The molecule has 5 atom stereocenters. The molecule has 0 bridgehead atoms. The van der Waals surface area contributed by atoms with Gasteiger partial charge < -0.3 is 34.6 Å². The van der Waals surface area contributed by atoms with Crippen molar-refractivity contribution in [1.29, 1.82) is 0 Å². The summed E-state index contributed by atoms with van der Waals surface area (Å²) in [6.45, 7) is 3.84. The summed E-state index contributed by atoms with van der Waals surface area (Å²) < 4.78 is 16.2. The Hall–Kier alpha value is -2.13. The molecule has 1 saturated heterocycles. The van der Waals surface area contributed by atoms with E-state index in [-0.39, 0.29) is 0 Å². The average molecular weight is 451 g/mol. The van der Waals surface area contributed by atoms with Crippen LogP contribution in [0.15, 0.2) is 55.3 Å². The first-order chi connectivity index (χ1) is 14.9. The Morgan fingerprint density at radius 1 is 1.00 bits per heavy atom. The first kappa shape index (κ1) is 23.5. The summed E-state index contributed by atoms with van der Waals surface area (Å²) in [5.74, 6) is 0.720. The van der Waals surface area contributed by atoms with Crippen LogP contribution >= 0.6 is 11.6 Å². The number of rotatable bonds is 9. The van der Waals surface area contributed by atoms with Gasteiger partial charge in [0.25, 0.3) is 0 Å². The highest BCUT2D eigenvalue weighted by Crippen LogP contribution is 2.34. The second-order valence-corrected chi connectivity index (χ2v) is 7.71. The first-order valence-corrected chi connectivity index (χ1v) is 10.4. The van der Waals surface area contributed by atoms with E-state index in [1.54, 1.807) is 18.2 Å². The third-order valence-electron chi connectivity index (χ3n) is 5.20. The summed E-state index contributed by atoms with van der Waals surface area (Å²) in [5.41, 5.74) is 2.41. The Kier molecular flexibility index (Phi) is 8.31. The molecule has 0 aromatic heterocycles. The fourth-order valence-electron chi connectivity index (χ4n) is 3.50. The predicted octanol–water partition coefficient (Wildman–Crippen LogP) is 1.98. The fourth-order valence-corrected chi connectivity index (χ4v) is 3.68. The van der Waals surface area contributed by atoms with Gasteiger partial charge >= 0.3 is 0 Å². The number of aliphatic hydroxyl groups is 4. The molecule has 0 aliphatic carbocycles. The quantitative estimate of drug-likeness (QED) is 0.341. The van der Waals surface area contributed by atoms with Crippen molar-refractivity contribution >= 4 is 11.6 Å². The van der Waals surface area contributed by atoms with E-state index in [0.717, 1.165) is 16.9 Å². The molecule has 0 saturated carbocycles. The van der Waals surface area contributed by atoms with Crippen LogP contribution in [0.1, 0.15) is 22.8 Å². The standard InChI is InChI=1S/C23H27ClO7/c1-2-29-9-10-30-17-6-3-14(4-7-17)11-16-12-15(5-8-18(16)24)23-22(28)21(27)20(26)19(13-25)31-23/h2-8,12,19-23,25-28H,1,9-11,13H2/t19-,20-,21+,22-,23+/m1/s1. The van der Waals surface area contributed by atoms with Crippen molar-refractivity contribution < 1.29 is 34.6 Å². The van der Waals surface area contributed by atoms with Gasteiger partial charge in [-0.2, -0.15) is 0 Å². The Balaban J connectivity index is 1.72. The monoisotopic (exact) mass is 450 g/mol. The Bertz CT molecular complexity index is 856. The minimum absolute atomic E-state index is 0.415. The number of ether oxygens (including phenoxy) is 3. The van der Waals surface area contributed by atoms with E-state index in [2.05, 4.69) is 6.58 Å². The highest BCUT2D eigenvalue weighted by Gasteiger charge is 2.44. The van der Waals surface area contributed by atoms with Crippen LogP contribution in [0, 0.1) is 0 Å². The molecule has 0 radical (unpaired) electrons. The molecule has 1 aliphatic heterocycles. The van der Waals surface area contributed by atoms with Gasteiger partial charge in [-0.1, -0.05) is 42.4 Å². The summed E-state index contributed by atoms with van der Waals surface area (Å²) in [7, 11) is 0. The van der Waals surface area contributed by atoms with Gasteiger partial charge in [0.2, 0.25) is 0 Å². The van der Waals surface area contributed by atoms with Crippen molar-refractivity contribution in [3.63, 3.8) is 0 Å². The SMILES string of the molecule is C=COCCOc1ccc(Cc2cc([C@@H]3O[C@H](CO)[C@@H](O)[C@H](O)[C@H]3O)ccc2Cl)cc1. The van der Waals surface area contributed by atoms with E-state index < -0.39 is 37.1 Å². The number of benzene rings is 2. The summed E-state index contributed by atoms with van der Waals surface area (Å²) in [6, 6.07) is 12.8. The predicted molar refractivity (Wildman–Crippen MR) is 115 cm³/mol. The molecule has 7 nitrogen and oxygen atoms in total. The lowest BCUT2D eigenvalue weighted by Gasteiger charge is -2.40. The minimum Gasteiger partial charge on any atom is -0.498 e. The third kappa shape index (κ3) is 5.77. The molecular weight excluding hydrogens is 424 g/mol. The first-order valence-electron chi connectivity index (χ1n) is 9.97. The summed E-state index contributed by atoms with van der Waals surface area (Å²) >= 11 is 6.38. The molecule has 3 rings (SSSR count). The van der Waals surface area contributed by atoms with Gasteiger partial charge in [0.15, 0.2) is 0 Å². The van der Waals surface area contributed by atoms with Crippen LogP contribution in [0.3, 0.4) is 0 Å². The van der Waals surface area contributed by atoms with Crippen LogP contribution in [0.5, 0.6) is 5.75 Å². The lowest BCUT2D eigenvalue weighted by molar-refractivity contribution is -0.231. The lowest BCUT2D eigenvalue weighted by Crippen LogP contribution is -2.55. The molecule has 0 spiro atoms. The van der Waals surface area contributed by atoms with E-state index in [1.807, 2.05) is 24.3 Å². The normalized spacial score (nSPS) is 25.8. The van der Waals surface area contributed by atoms with Gasteiger partial charge in [-0.25, -0.2) is 0 Å². The smallest absolute Gasteiger partial charge is 0.122 e. The molecule has 4 N–H and O–H groups in total. The van der Waals surface area contributed by atoms with E-state index in [1.165, 1.54) is 6.26 Å². The molecule has 1 fully saturated rings. The summed E-state index contributed by atoms with van der Waals surface area (Å²) in [4.78, 5) is 0. The molecule has 1 aliphatic rings. The maximum absolute atomic E-state index is 10.4. The maximum atomic E-state index is 10.4. The molecule has 1 heterocycles. The van der Waals surface area contributed by atoms with E-state index >= 15 is 0 Å². The van der Waals surface area contributed by atoms with Gasteiger partial charge in [0.1, 0.15) is 49.5 Å². The van der Waals surface area contributed by atoms with Crippen LogP contribution in [0.4, 0.5) is 0 Å². The molecule has 2 aromatic rings. The Morgan fingerprint density at radius 3 is 2.42 bits per heavy atom. The van der Waals surface area contributed by atoms with E-state index in [0.29, 0.717) is 30.2 Å². The van der Waals surface area contributed by atoms with Gasteiger partial charge in [0.05, 0.1) is 12.9 Å². The Morgan fingerprint density at radius 2 is 1.74 bits per heavy atom. The lowest BCUT2D eigenvalue weighted by atomic mass is 9.90. The van der Waals surface area contributed by atoms with Crippen molar-refractivity contribution in [3.05, 3.63) is 77.0 Å². The zero-order valence-corrected chi connectivity index (χ0v) is 17.7. The largest absolute Gasteiger partial charge is 0.498 e. The molecule has 8 heteroatoms. The van der Waals surface area contributed by atoms with Crippen molar-refractivity contribution in [3.8, 4) is 5.75 Å². The second kappa shape index (κ2) is 10.9. The third-order valence-corrected chi connectivity index (χ3v) is 5.56. The summed E-state index contributed by atoms with van der Waals surface area (Å²) in [6.07, 6.45) is -4.13. The molecule has 0 amide bonds. The zero-order valence-electron chi connectivity index (χ0n) is 16.9. The average Bonchev–Trinajstić information content (AvgIpc) is 2.78. The summed E-state index contributed by atoms with van der Waals surface area (Å²) in [5, 5.41) is 40.4. The van der Waals surface area contributed by atoms with Crippen molar-refractivity contribution in [2.45, 2.75) is 36.9 Å². The molecule has 31 heavy (non-hydrogen) atoms. The Labute approximate surface area is 186 Å². The van der Waals surface area contributed by atoms with Crippen LogP contribution in [0.2, 0.25) is 5.02 Å². The number of hydrogen-bond acceptors (Lipinski definition) is 7. The van der Waals surface area contributed by atoms with Crippen molar-refractivity contribution in [2.24, 2.45) is 0 Å². The van der Waals surface area contributed by atoms with Crippen molar-refractivity contribution in [2.75, 3.05) is 19.8 Å². The second-order valence-electron chi connectivity index (χ2n) is 7.31. The van der Waals surface area contributed by atoms with Crippen LogP contribution in [-0.2, 0) is 15.9 Å². The number of hydrogen-bond donors (Lipinski definition) is 4. The van der Waals surface area contributed by atoms with E-state index in [4.69, 9.17) is 25.8 Å². The topological polar surface area (TPSA) is 109 Å². The molecular formula is C23H27ClO7. The van der Waals surface area contributed by atoms with Crippen LogP contribution in [-0.4, -0.2) is 64.7 Å². The molecule has 0 unspecified atom stereocenters. The number of halogens is 1. The number of aliphatic hydroxyl groups excluding tert-OH is 4. The van der Waals surface area contributed by atoms with E-state index in [9.17, 15) is 20.4 Å². The van der Waals surface area contributed by atoms with Gasteiger partial charge in [-0.15, -0.1) is 0 Å². The highest BCUT2D eigenvalue weighted by molar-refractivity contribution is 6.31. The maximum Gasteiger partial charge on any atom is 0.122 e. The molecule has 168 valence electrons. The van der Waals surface area contributed by atoms with Crippen LogP contribution < -0.4 is 4.74 Å². The fraction of sp³-hybridized carbons (Fsp3) is 0.391. The van der Waals surface area contributed by atoms with Gasteiger partial charge in [0, 0.05) is 5.02 Å². The zero-order chi connectivity index (χ0) is 22.4. The van der Waals surface area contributed by atoms with Gasteiger partial charge in [-0.05, 0) is 41.3 Å². The van der Waals surface area contributed by atoms with Crippen LogP contribution in [0.25, 0.3) is 0 Å². The van der Waals surface area contributed by atoms with Crippen molar-refractivity contribution in [1.82, 2.24) is 0 Å². The highest BCUT2D eigenvalue weighted by atomic mass is 35.5. The van der Waals surface area contributed by atoms with Gasteiger partial charge in [-0.3, -0.25) is 0 Å². The minimum atomic E-state index is -1.43.